The molecule has 1 atom stereocenters. The van der Waals surface area contributed by atoms with E-state index >= 15 is 0 Å². The van der Waals surface area contributed by atoms with Crippen molar-refractivity contribution >= 4 is 17.3 Å². The number of nitrogens with zero attached hydrogens (tertiary/aromatic N) is 3. The van der Waals surface area contributed by atoms with Gasteiger partial charge in [0.05, 0.1) is 17.3 Å². The maximum atomic E-state index is 14.4. The summed E-state index contributed by atoms with van der Waals surface area (Å²) < 4.78 is 33.6. The van der Waals surface area contributed by atoms with E-state index in [0.29, 0.717) is 33.9 Å². The fraction of sp³-hybridized carbons (Fsp3) is 0.148. The number of rotatable bonds is 4. The molecule has 2 heterocycles. The van der Waals surface area contributed by atoms with Crippen LogP contribution in [0.5, 0.6) is 0 Å². The van der Waals surface area contributed by atoms with E-state index in [1.165, 1.54) is 23.1 Å². The van der Waals surface area contributed by atoms with Crippen LogP contribution in [0.3, 0.4) is 0 Å². The summed E-state index contributed by atoms with van der Waals surface area (Å²) in [5.41, 5.74) is 4.32. The number of carbonyl (C=O) groups is 1. The monoisotopic (exact) mass is 472 g/mol. The molecule has 0 fully saturated rings. The van der Waals surface area contributed by atoms with Crippen molar-refractivity contribution in [1.82, 2.24) is 15.5 Å². The molecule has 176 valence electrons. The van der Waals surface area contributed by atoms with E-state index in [4.69, 9.17) is 4.52 Å². The molecule has 1 unspecified atom stereocenters. The number of allylic oxidation sites excluding steroid dienone is 1. The van der Waals surface area contributed by atoms with Gasteiger partial charge in [0.25, 0.3) is 5.89 Å². The number of benzene rings is 3. The smallest absolute Gasteiger partial charge is 0.327 e. The number of hydrogen-bond acceptors (Lipinski definition) is 4. The third kappa shape index (κ3) is 4.19. The van der Waals surface area contributed by atoms with Crippen molar-refractivity contribution in [2.24, 2.45) is 0 Å². The first-order valence-corrected chi connectivity index (χ1v) is 11.1. The summed E-state index contributed by atoms with van der Waals surface area (Å²) in [6, 6.07) is 17.0. The molecule has 0 saturated heterocycles. The lowest BCUT2D eigenvalue weighted by Gasteiger charge is -2.35. The molecule has 35 heavy (non-hydrogen) atoms. The molecule has 0 bridgehead atoms. The molecule has 0 aliphatic carbocycles. The number of anilines is 1. The summed E-state index contributed by atoms with van der Waals surface area (Å²) >= 11 is 0. The first-order valence-electron chi connectivity index (χ1n) is 11.1. The van der Waals surface area contributed by atoms with Gasteiger partial charge in [0.2, 0.25) is 5.82 Å². The van der Waals surface area contributed by atoms with E-state index in [2.05, 4.69) is 15.5 Å². The normalized spacial score (nSPS) is 16.0. The van der Waals surface area contributed by atoms with Crippen LogP contribution in [0.4, 0.5) is 19.3 Å². The van der Waals surface area contributed by atoms with Gasteiger partial charge in [-0.15, -0.1) is 0 Å². The molecule has 5 rings (SSSR count). The Balaban J connectivity index is 1.66. The van der Waals surface area contributed by atoms with Crippen LogP contribution < -0.4 is 10.2 Å². The highest BCUT2D eigenvalue weighted by atomic mass is 19.1. The highest BCUT2D eigenvalue weighted by molar-refractivity contribution is 6.01. The summed E-state index contributed by atoms with van der Waals surface area (Å²) in [7, 11) is 0. The topological polar surface area (TPSA) is 71.3 Å². The van der Waals surface area contributed by atoms with Gasteiger partial charge in [0.15, 0.2) is 0 Å². The number of aryl methyl sites for hydroxylation is 2. The van der Waals surface area contributed by atoms with Crippen LogP contribution in [-0.4, -0.2) is 16.2 Å². The lowest BCUT2D eigenvalue weighted by Crippen LogP contribution is -2.46. The van der Waals surface area contributed by atoms with E-state index in [-0.39, 0.29) is 5.89 Å². The molecule has 8 heteroatoms. The second-order valence-corrected chi connectivity index (χ2v) is 8.49. The average molecular weight is 472 g/mol. The standard InChI is InChI=1S/C27H22F2N4O2/c1-15-5-4-6-19(13-15)25-31-26(35-32-25)23-17(3)33(21-12-7-16(2)22(29)14-21)27(34)30-24(23)18-8-10-20(28)11-9-18/h4-14,24H,1-3H3,(H,30,34). The highest BCUT2D eigenvalue weighted by Crippen LogP contribution is 2.39. The number of urea groups is 1. The van der Waals surface area contributed by atoms with Gasteiger partial charge in [-0.3, -0.25) is 4.90 Å². The zero-order chi connectivity index (χ0) is 24.7. The fourth-order valence-electron chi connectivity index (χ4n) is 4.19. The Bertz CT molecular complexity index is 1460. The van der Waals surface area contributed by atoms with Gasteiger partial charge in [-0.25, -0.2) is 13.6 Å². The fourth-order valence-corrected chi connectivity index (χ4v) is 4.19. The van der Waals surface area contributed by atoms with Crippen LogP contribution in [0.2, 0.25) is 0 Å². The van der Waals surface area contributed by atoms with Crippen LogP contribution in [0, 0.1) is 25.5 Å². The molecular formula is C27H22F2N4O2. The zero-order valence-electron chi connectivity index (χ0n) is 19.3. The van der Waals surface area contributed by atoms with Crippen molar-refractivity contribution in [2.45, 2.75) is 26.8 Å². The van der Waals surface area contributed by atoms with Crippen LogP contribution in [0.15, 0.2) is 77.0 Å². The number of amides is 2. The van der Waals surface area contributed by atoms with Crippen LogP contribution in [0.25, 0.3) is 17.0 Å². The molecule has 1 aliphatic rings. The molecule has 2 amide bonds. The Morgan fingerprint density at radius 1 is 0.971 bits per heavy atom. The van der Waals surface area contributed by atoms with Crippen LogP contribution in [0.1, 0.15) is 35.5 Å². The minimum Gasteiger partial charge on any atom is -0.334 e. The van der Waals surface area contributed by atoms with Gasteiger partial charge < -0.3 is 9.84 Å². The summed E-state index contributed by atoms with van der Waals surface area (Å²) in [6.45, 7) is 5.36. The summed E-state index contributed by atoms with van der Waals surface area (Å²) in [5.74, 6) is -0.225. The van der Waals surface area contributed by atoms with Gasteiger partial charge in [0, 0.05) is 11.3 Å². The third-order valence-corrected chi connectivity index (χ3v) is 6.03. The molecule has 0 saturated carbocycles. The van der Waals surface area contributed by atoms with Crippen molar-refractivity contribution in [2.75, 3.05) is 4.90 Å². The maximum absolute atomic E-state index is 14.4. The number of hydrogen-bond donors (Lipinski definition) is 1. The molecule has 1 N–H and O–H groups in total. The third-order valence-electron chi connectivity index (χ3n) is 6.03. The van der Waals surface area contributed by atoms with Gasteiger partial charge in [-0.1, -0.05) is 47.1 Å². The summed E-state index contributed by atoms with van der Waals surface area (Å²) in [5, 5.41) is 7.08. The Kier molecular flexibility index (Phi) is 5.64. The summed E-state index contributed by atoms with van der Waals surface area (Å²) in [6.07, 6.45) is 0. The van der Waals surface area contributed by atoms with E-state index in [0.717, 1.165) is 11.1 Å². The van der Waals surface area contributed by atoms with Crippen LogP contribution in [-0.2, 0) is 0 Å². The van der Waals surface area contributed by atoms with Crippen molar-refractivity contribution in [1.29, 1.82) is 0 Å². The predicted molar refractivity (Wildman–Crippen MR) is 128 cm³/mol. The average Bonchev–Trinajstić information content (AvgIpc) is 3.31. The number of aromatic nitrogens is 2. The molecular weight excluding hydrogens is 450 g/mol. The van der Waals surface area contributed by atoms with Crippen molar-refractivity contribution in [3.63, 3.8) is 0 Å². The molecule has 4 aromatic rings. The lowest BCUT2D eigenvalue weighted by molar-refractivity contribution is 0.244. The number of halogens is 2. The minimum absolute atomic E-state index is 0.200. The van der Waals surface area contributed by atoms with Crippen LogP contribution >= 0.6 is 0 Å². The Morgan fingerprint density at radius 2 is 1.74 bits per heavy atom. The van der Waals surface area contributed by atoms with Gasteiger partial charge in [-0.05, 0) is 62.2 Å². The zero-order valence-corrected chi connectivity index (χ0v) is 19.3. The van der Waals surface area contributed by atoms with Crippen molar-refractivity contribution < 1.29 is 18.1 Å². The quantitative estimate of drug-likeness (QED) is 0.377. The lowest BCUT2D eigenvalue weighted by atomic mass is 9.94. The first-order chi connectivity index (χ1) is 16.8. The van der Waals surface area contributed by atoms with E-state index in [1.807, 2.05) is 31.2 Å². The Hall–Kier alpha value is -4.33. The van der Waals surface area contributed by atoms with Crippen molar-refractivity contribution in [3.8, 4) is 11.4 Å². The van der Waals surface area contributed by atoms with Crippen molar-refractivity contribution in [3.05, 3.63) is 107 Å². The molecule has 0 spiro atoms. The largest absolute Gasteiger partial charge is 0.334 e. The molecule has 0 radical (unpaired) electrons. The van der Waals surface area contributed by atoms with E-state index in [1.54, 1.807) is 38.1 Å². The molecule has 1 aromatic heterocycles. The maximum Gasteiger partial charge on any atom is 0.327 e. The molecule has 3 aromatic carbocycles. The Labute approximate surface area is 200 Å². The minimum atomic E-state index is -0.680. The second kappa shape index (κ2) is 8.79. The first kappa shape index (κ1) is 22.5. The Morgan fingerprint density at radius 3 is 2.46 bits per heavy atom. The van der Waals surface area contributed by atoms with E-state index in [9.17, 15) is 13.6 Å². The second-order valence-electron chi connectivity index (χ2n) is 8.49. The predicted octanol–water partition coefficient (Wildman–Crippen LogP) is 6.33. The molecule has 6 nitrogen and oxygen atoms in total. The number of nitrogens with one attached hydrogen (secondary N) is 1. The van der Waals surface area contributed by atoms with Gasteiger partial charge in [0.1, 0.15) is 11.6 Å². The number of carbonyl (C=O) groups excluding carboxylic acids is 1. The highest BCUT2D eigenvalue weighted by Gasteiger charge is 2.36. The van der Waals surface area contributed by atoms with E-state index < -0.39 is 23.7 Å². The van der Waals surface area contributed by atoms with Gasteiger partial charge >= 0.3 is 6.03 Å². The summed E-state index contributed by atoms with van der Waals surface area (Å²) in [4.78, 5) is 19.2. The molecule has 1 aliphatic heterocycles. The van der Waals surface area contributed by atoms with Gasteiger partial charge in [-0.2, -0.15) is 4.98 Å². The SMILES string of the molecule is CC1=C(c2nc(-c3cccc(C)c3)no2)C(c2ccc(F)cc2)NC(=O)N1c1ccc(C)c(F)c1.